The van der Waals surface area contributed by atoms with Crippen LogP contribution in [0.25, 0.3) is 0 Å². The van der Waals surface area contributed by atoms with Gasteiger partial charge in [0.25, 0.3) is 0 Å². The average Bonchev–Trinajstić information content (AvgIpc) is 2.90. The van der Waals surface area contributed by atoms with Gasteiger partial charge in [0.15, 0.2) is 0 Å². The van der Waals surface area contributed by atoms with Crippen LogP contribution in [0, 0.1) is 34.5 Å². The van der Waals surface area contributed by atoms with Gasteiger partial charge in [-0.2, -0.15) is 0 Å². The maximum absolute atomic E-state index is 11.5. The Bertz CT molecular complexity index is 522. The molecule has 4 aliphatic carbocycles. The van der Waals surface area contributed by atoms with Crippen LogP contribution in [-0.4, -0.2) is 33.6 Å². The number of fused-ring (bicyclic) bond motifs is 5. The van der Waals surface area contributed by atoms with Gasteiger partial charge in [-0.25, -0.2) is 0 Å². The summed E-state index contributed by atoms with van der Waals surface area (Å²) in [5, 5.41) is 32.7. The molecule has 0 aromatic heterocycles. The minimum Gasteiger partial charge on any atom is -0.396 e. The zero-order valence-corrected chi connectivity index (χ0v) is 16.9. The van der Waals surface area contributed by atoms with Gasteiger partial charge in [0.1, 0.15) is 0 Å². The van der Waals surface area contributed by atoms with Crippen LogP contribution in [-0.2, 0) is 0 Å². The summed E-state index contributed by atoms with van der Waals surface area (Å²) in [6.45, 7) is 4.84. The first-order valence-electron chi connectivity index (χ1n) is 11.4. The van der Waals surface area contributed by atoms with Crippen molar-refractivity contribution in [2.75, 3.05) is 6.61 Å². The van der Waals surface area contributed by atoms with E-state index in [9.17, 15) is 15.3 Å². The van der Waals surface area contributed by atoms with E-state index in [1.807, 2.05) is 0 Å². The van der Waals surface area contributed by atoms with Crippen LogP contribution in [0.5, 0.6) is 0 Å². The zero-order valence-electron chi connectivity index (χ0n) is 16.9. The van der Waals surface area contributed by atoms with Crippen LogP contribution in [0.4, 0.5) is 0 Å². The van der Waals surface area contributed by atoms with Crippen molar-refractivity contribution < 1.29 is 15.3 Å². The van der Waals surface area contributed by atoms with E-state index in [1.54, 1.807) is 0 Å². The lowest BCUT2D eigenvalue weighted by Crippen LogP contribution is -2.60. The van der Waals surface area contributed by atoms with E-state index in [0.29, 0.717) is 18.4 Å². The highest BCUT2D eigenvalue weighted by Gasteiger charge is 2.68. The number of unbranched alkanes of at least 4 members (excludes halogenated alkanes) is 2. The van der Waals surface area contributed by atoms with Gasteiger partial charge in [-0.05, 0) is 79.4 Å². The Labute approximate surface area is 159 Å². The predicted molar refractivity (Wildman–Crippen MR) is 104 cm³/mol. The molecule has 0 aliphatic heterocycles. The molecule has 2 bridgehead atoms. The lowest BCUT2D eigenvalue weighted by Gasteiger charge is -2.60. The van der Waals surface area contributed by atoms with Crippen LogP contribution in [0.15, 0.2) is 0 Å². The number of rotatable bonds is 5. The highest BCUT2D eigenvalue weighted by atomic mass is 16.3. The number of aliphatic hydroxyl groups excluding tert-OH is 2. The third-order valence-corrected chi connectivity index (χ3v) is 9.11. The van der Waals surface area contributed by atoms with Crippen molar-refractivity contribution in [1.29, 1.82) is 0 Å². The fourth-order valence-electron chi connectivity index (χ4n) is 8.14. The molecule has 3 N–H and O–H groups in total. The van der Waals surface area contributed by atoms with E-state index in [1.165, 1.54) is 32.1 Å². The second-order valence-electron chi connectivity index (χ2n) is 11.0. The Balaban J connectivity index is 1.54. The smallest absolute Gasteiger partial charge is 0.0685 e. The van der Waals surface area contributed by atoms with Crippen molar-refractivity contribution in [3.63, 3.8) is 0 Å². The summed E-state index contributed by atoms with van der Waals surface area (Å²) in [5.74, 6) is 1.58. The molecule has 8 unspecified atom stereocenters. The molecule has 4 aliphatic rings. The molecule has 4 rings (SSSR count). The average molecular weight is 365 g/mol. The molecule has 26 heavy (non-hydrogen) atoms. The van der Waals surface area contributed by atoms with E-state index in [0.717, 1.165) is 44.9 Å². The summed E-state index contributed by atoms with van der Waals surface area (Å²) in [7, 11) is 0. The summed E-state index contributed by atoms with van der Waals surface area (Å²) in [6, 6.07) is 0. The van der Waals surface area contributed by atoms with Crippen molar-refractivity contribution in [1.82, 2.24) is 0 Å². The molecule has 0 saturated heterocycles. The van der Waals surface area contributed by atoms with Crippen LogP contribution in [0.2, 0.25) is 0 Å². The number of hydrogen-bond donors (Lipinski definition) is 3. The van der Waals surface area contributed by atoms with Crippen molar-refractivity contribution in [2.24, 2.45) is 34.5 Å². The minimum absolute atomic E-state index is 0.112. The monoisotopic (exact) mass is 364 g/mol. The molecular weight excluding hydrogens is 324 g/mol. The molecule has 0 amide bonds. The topological polar surface area (TPSA) is 60.7 Å². The predicted octanol–water partition coefficient (Wildman–Crippen LogP) is 4.28. The van der Waals surface area contributed by atoms with Gasteiger partial charge in [-0.3, -0.25) is 0 Å². The molecule has 1 spiro atoms. The van der Waals surface area contributed by atoms with Crippen molar-refractivity contribution in [3.8, 4) is 0 Å². The Morgan fingerprint density at radius 2 is 1.77 bits per heavy atom. The fraction of sp³-hybridized carbons (Fsp3) is 1.00. The summed E-state index contributed by atoms with van der Waals surface area (Å²) < 4.78 is 0. The molecule has 150 valence electrons. The molecule has 8 atom stereocenters. The first-order chi connectivity index (χ1) is 12.3. The molecule has 3 nitrogen and oxygen atoms in total. The quantitative estimate of drug-likeness (QED) is 0.638. The lowest BCUT2D eigenvalue weighted by atomic mass is 9.46. The maximum Gasteiger partial charge on any atom is 0.0685 e. The van der Waals surface area contributed by atoms with Gasteiger partial charge in [0.05, 0.1) is 11.7 Å². The molecule has 3 heteroatoms. The molecule has 0 radical (unpaired) electrons. The van der Waals surface area contributed by atoms with Crippen LogP contribution >= 0.6 is 0 Å². The summed E-state index contributed by atoms with van der Waals surface area (Å²) in [4.78, 5) is 0. The van der Waals surface area contributed by atoms with Gasteiger partial charge in [-0.15, -0.1) is 0 Å². The molecular formula is C23H40O3. The van der Waals surface area contributed by atoms with E-state index in [4.69, 9.17) is 0 Å². The van der Waals surface area contributed by atoms with Crippen LogP contribution in [0.1, 0.15) is 90.9 Å². The second kappa shape index (κ2) is 6.74. The fourth-order valence-corrected chi connectivity index (χ4v) is 8.14. The van der Waals surface area contributed by atoms with E-state index >= 15 is 0 Å². The van der Waals surface area contributed by atoms with Gasteiger partial charge < -0.3 is 15.3 Å². The first kappa shape index (κ1) is 19.2. The van der Waals surface area contributed by atoms with Gasteiger partial charge >= 0.3 is 0 Å². The second-order valence-corrected chi connectivity index (χ2v) is 11.0. The van der Waals surface area contributed by atoms with Crippen molar-refractivity contribution in [2.45, 2.75) is 103 Å². The van der Waals surface area contributed by atoms with E-state index < -0.39 is 5.60 Å². The van der Waals surface area contributed by atoms with E-state index in [-0.39, 0.29) is 28.8 Å². The van der Waals surface area contributed by atoms with Crippen molar-refractivity contribution >= 4 is 0 Å². The Kier molecular flexibility index (Phi) is 4.98. The Morgan fingerprint density at radius 3 is 2.50 bits per heavy atom. The number of aliphatic hydroxyl groups is 3. The Hall–Kier alpha value is -0.120. The molecule has 0 aromatic rings. The van der Waals surface area contributed by atoms with Crippen molar-refractivity contribution in [3.05, 3.63) is 0 Å². The molecule has 4 fully saturated rings. The summed E-state index contributed by atoms with van der Waals surface area (Å²) in [6.07, 6.45) is 13.0. The molecule has 0 heterocycles. The lowest BCUT2D eigenvalue weighted by molar-refractivity contribution is -0.192. The standard InChI is InChI=1S/C23H40O3/c1-3-4-5-7-16-10-22(11-17(16)14-24)12-18-20(22)19(25)13-21(2)8-6-9-23(18,26)15-21/h16-20,24-26H,3-15H2,1-2H3. The summed E-state index contributed by atoms with van der Waals surface area (Å²) in [5.41, 5.74) is -0.242. The first-order valence-corrected chi connectivity index (χ1v) is 11.4. The van der Waals surface area contributed by atoms with Gasteiger partial charge in [-0.1, -0.05) is 46.0 Å². The van der Waals surface area contributed by atoms with Gasteiger partial charge in [0.2, 0.25) is 0 Å². The minimum atomic E-state index is -0.546. The zero-order chi connectivity index (χ0) is 18.6. The third kappa shape index (κ3) is 2.97. The highest BCUT2D eigenvalue weighted by Crippen LogP contribution is 2.71. The Morgan fingerprint density at radius 1 is 1.00 bits per heavy atom. The molecule has 0 aromatic carbocycles. The van der Waals surface area contributed by atoms with Crippen LogP contribution in [0.3, 0.4) is 0 Å². The maximum atomic E-state index is 11.5. The van der Waals surface area contributed by atoms with E-state index in [2.05, 4.69) is 13.8 Å². The number of hydrogen-bond acceptors (Lipinski definition) is 3. The SMILES string of the molecule is CCCCCC1CC2(CC1CO)CC1C2C(O)CC2(C)CCCC1(O)C2. The molecule has 4 saturated carbocycles. The van der Waals surface area contributed by atoms with Gasteiger partial charge in [0, 0.05) is 6.61 Å². The largest absolute Gasteiger partial charge is 0.396 e. The third-order valence-electron chi connectivity index (χ3n) is 9.11. The van der Waals surface area contributed by atoms with Crippen LogP contribution < -0.4 is 0 Å². The highest BCUT2D eigenvalue weighted by molar-refractivity contribution is 5.17. The summed E-state index contributed by atoms with van der Waals surface area (Å²) >= 11 is 0. The normalized spacial score (nSPS) is 53.2.